The van der Waals surface area contributed by atoms with Crippen molar-refractivity contribution >= 4 is 39.4 Å². The summed E-state index contributed by atoms with van der Waals surface area (Å²) in [4.78, 5) is 39.8. The predicted molar refractivity (Wildman–Crippen MR) is 143 cm³/mol. The van der Waals surface area contributed by atoms with Gasteiger partial charge in [-0.25, -0.2) is 9.97 Å². The molecule has 1 aliphatic heterocycles. The molecule has 186 valence electrons. The molecule has 1 aliphatic carbocycles. The van der Waals surface area contributed by atoms with Gasteiger partial charge in [0.25, 0.3) is 11.8 Å². The van der Waals surface area contributed by atoms with E-state index in [0.29, 0.717) is 35.7 Å². The maximum Gasteiger partial charge on any atom is 0.274 e. The Morgan fingerprint density at radius 2 is 2.08 bits per heavy atom. The van der Waals surface area contributed by atoms with E-state index in [1.807, 2.05) is 39.9 Å². The van der Waals surface area contributed by atoms with Crippen molar-refractivity contribution in [3.05, 3.63) is 64.0 Å². The quantitative estimate of drug-likeness (QED) is 0.400. The van der Waals surface area contributed by atoms with Crippen LogP contribution in [0.2, 0.25) is 0 Å². The molecule has 2 amide bonds. The van der Waals surface area contributed by atoms with Crippen LogP contribution in [-0.2, 0) is 0 Å². The monoisotopic (exact) mass is 519 g/mol. The van der Waals surface area contributed by atoms with E-state index in [1.165, 1.54) is 11.3 Å². The smallest absolute Gasteiger partial charge is 0.274 e. The molecule has 1 aromatic carbocycles. The van der Waals surface area contributed by atoms with Gasteiger partial charge in [0.2, 0.25) is 0 Å². The van der Waals surface area contributed by atoms with Crippen molar-refractivity contribution in [2.75, 3.05) is 13.1 Å². The fraction of sp³-hybridized carbons (Fsp3) is 0.407. The lowest BCUT2D eigenvalue weighted by Crippen LogP contribution is -2.46. The van der Waals surface area contributed by atoms with Gasteiger partial charge >= 0.3 is 0 Å². The molecular formula is C27H29N5O2S2. The molecule has 36 heavy (non-hydrogen) atoms. The van der Waals surface area contributed by atoms with Crippen LogP contribution in [0.3, 0.4) is 0 Å². The number of nitrogens with one attached hydrogen (secondary N) is 1. The third-order valence-electron chi connectivity index (χ3n) is 7.64. The van der Waals surface area contributed by atoms with Gasteiger partial charge in [-0.1, -0.05) is 36.8 Å². The number of fused-ring (bicyclic) bond motifs is 2. The number of likely N-dealkylation sites (tertiary alicyclic amines) is 1. The van der Waals surface area contributed by atoms with E-state index in [9.17, 15) is 9.59 Å². The normalized spacial score (nSPS) is 23.4. The first-order valence-corrected chi connectivity index (χ1v) is 14.1. The molecule has 1 saturated heterocycles. The van der Waals surface area contributed by atoms with Crippen molar-refractivity contribution in [3.63, 3.8) is 0 Å². The average Bonchev–Trinajstić information content (AvgIpc) is 3.64. The van der Waals surface area contributed by atoms with Gasteiger partial charge in [-0.15, -0.1) is 22.7 Å². The van der Waals surface area contributed by atoms with Crippen LogP contribution in [0.1, 0.15) is 51.3 Å². The Balaban J connectivity index is 1.28. The number of benzene rings is 1. The molecule has 0 spiro atoms. The van der Waals surface area contributed by atoms with Crippen LogP contribution in [0.15, 0.2) is 42.0 Å². The van der Waals surface area contributed by atoms with Gasteiger partial charge in [0.15, 0.2) is 4.96 Å². The number of hydrogen-bond acceptors (Lipinski definition) is 6. The number of carbonyl (C=O) groups excluding carboxylic acids is 2. The minimum Gasteiger partial charge on any atom is -0.349 e. The number of aryl methyl sites for hydroxylation is 2. The van der Waals surface area contributed by atoms with Crippen LogP contribution < -0.4 is 5.32 Å². The van der Waals surface area contributed by atoms with Gasteiger partial charge in [0.05, 0.1) is 22.1 Å². The average molecular weight is 520 g/mol. The Kier molecular flexibility index (Phi) is 5.92. The molecule has 6 rings (SSSR count). The summed E-state index contributed by atoms with van der Waals surface area (Å²) < 4.78 is 1.81. The Labute approximate surface area is 218 Å². The van der Waals surface area contributed by atoms with E-state index >= 15 is 0 Å². The molecule has 1 saturated carbocycles. The molecule has 4 atom stereocenters. The zero-order valence-corrected chi connectivity index (χ0v) is 22.2. The second-order valence-corrected chi connectivity index (χ2v) is 12.3. The minimum atomic E-state index is -0.159. The Hall–Kier alpha value is -3.04. The van der Waals surface area contributed by atoms with Crippen molar-refractivity contribution in [3.8, 4) is 10.4 Å². The van der Waals surface area contributed by atoms with Crippen molar-refractivity contribution in [1.82, 2.24) is 24.6 Å². The number of hydrogen-bond donors (Lipinski definition) is 1. The molecule has 2 fully saturated rings. The lowest BCUT2D eigenvalue weighted by Gasteiger charge is -2.28. The number of nitrogens with zero attached hydrogens (tertiary/aromatic N) is 4. The standard InChI is InChI=1S/C27H29N5O2S2/c1-15-5-4-6-18(9-15)24-23(30-17(3)36-24)26(34)32-14-19-10-16(2)11-20(19)21(32)12-28-25(33)22-13-29-27-31(22)7-8-35-27/h4-9,13,16,19-21H,10-12,14H2,1-3H3,(H,28,33)/t16?,19?,20?,21-/m1/s1. The zero-order chi connectivity index (χ0) is 25.0. The minimum absolute atomic E-state index is 0.0262. The Morgan fingerprint density at radius 3 is 2.92 bits per heavy atom. The van der Waals surface area contributed by atoms with Gasteiger partial charge in [-0.2, -0.15) is 0 Å². The van der Waals surface area contributed by atoms with Crippen LogP contribution in [0.25, 0.3) is 15.4 Å². The van der Waals surface area contributed by atoms with Gasteiger partial charge in [0.1, 0.15) is 11.4 Å². The topological polar surface area (TPSA) is 79.6 Å². The first-order chi connectivity index (χ1) is 17.4. The second-order valence-electron chi connectivity index (χ2n) is 10.2. The van der Waals surface area contributed by atoms with E-state index in [4.69, 9.17) is 4.98 Å². The summed E-state index contributed by atoms with van der Waals surface area (Å²) in [7, 11) is 0. The summed E-state index contributed by atoms with van der Waals surface area (Å²) in [6.45, 7) is 7.46. The van der Waals surface area contributed by atoms with Gasteiger partial charge in [-0.3, -0.25) is 14.0 Å². The molecule has 2 aliphatic rings. The van der Waals surface area contributed by atoms with E-state index in [-0.39, 0.29) is 17.9 Å². The summed E-state index contributed by atoms with van der Waals surface area (Å²) in [5.41, 5.74) is 3.24. The third-order valence-corrected chi connectivity index (χ3v) is 9.43. The maximum absolute atomic E-state index is 14.0. The Bertz CT molecular complexity index is 1450. The highest BCUT2D eigenvalue weighted by Gasteiger charge is 2.48. The van der Waals surface area contributed by atoms with E-state index < -0.39 is 0 Å². The highest BCUT2D eigenvalue weighted by atomic mass is 32.1. The summed E-state index contributed by atoms with van der Waals surface area (Å²) in [5.74, 6) is 1.30. The van der Waals surface area contributed by atoms with Crippen molar-refractivity contribution in [1.29, 1.82) is 0 Å². The molecule has 1 N–H and O–H groups in total. The van der Waals surface area contributed by atoms with Crippen LogP contribution in [-0.4, -0.2) is 50.2 Å². The molecule has 4 heterocycles. The maximum atomic E-state index is 14.0. The highest BCUT2D eigenvalue weighted by molar-refractivity contribution is 7.15. The molecule has 3 aromatic heterocycles. The van der Waals surface area contributed by atoms with E-state index in [2.05, 4.69) is 36.3 Å². The van der Waals surface area contributed by atoms with E-state index in [0.717, 1.165) is 45.4 Å². The number of carbonyl (C=O) groups is 2. The summed E-state index contributed by atoms with van der Waals surface area (Å²) in [6.07, 6.45) is 5.68. The molecular weight excluding hydrogens is 490 g/mol. The van der Waals surface area contributed by atoms with Gasteiger partial charge < -0.3 is 10.2 Å². The summed E-state index contributed by atoms with van der Waals surface area (Å²) in [6, 6.07) is 8.19. The van der Waals surface area contributed by atoms with Gasteiger partial charge in [-0.05, 0) is 50.0 Å². The van der Waals surface area contributed by atoms with Crippen molar-refractivity contribution in [2.24, 2.45) is 17.8 Å². The third kappa shape index (κ3) is 4.04. The molecule has 7 nitrogen and oxygen atoms in total. The molecule has 9 heteroatoms. The van der Waals surface area contributed by atoms with E-state index in [1.54, 1.807) is 17.5 Å². The molecule has 3 unspecified atom stereocenters. The number of aromatic nitrogens is 3. The summed E-state index contributed by atoms with van der Waals surface area (Å²) >= 11 is 3.07. The van der Waals surface area contributed by atoms with Crippen molar-refractivity contribution < 1.29 is 9.59 Å². The number of amides is 2. The summed E-state index contributed by atoms with van der Waals surface area (Å²) in [5, 5.41) is 5.93. The SMILES string of the molecule is Cc1cccc(-c2sc(C)nc2C(=O)N2CC3CC(C)CC3[C@H]2CNC(=O)c2cnc3sccn23)c1. The molecule has 4 aromatic rings. The molecule has 0 radical (unpaired) electrons. The first-order valence-electron chi connectivity index (χ1n) is 12.4. The lowest BCUT2D eigenvalue weighted by molar-refractivity contribution is 0.0692. The number of rotatable bonds is 5. The Morgan fingerprint density at radius 1 is 1.22 bits per heavy atom. The number of thiazole rings is 2. The molecule has 0 bridgehead atoms. The predicted octanol–water partition coefficient (Wildman–Crippen LogP) is 5.05. The fourth-order valence-corrected chi connectivity index (χ4v) is 7.71. The second kappa shape index (κ2) is 9.12. The van der Waals surface area contributed by atoms with Crippen molar-refractivity contribution in [2.45, 2.75) is 39.7 Å². The lowest BCUT2D eigenvalue weighted by atomic mass is 9.93. The highest BCUT2D eigenvalue weighted by Crippen LogP contribution is 2.46. The van der Waals surface area contributed by atoms with Crippen LogP contribution in [0.4, 0.5) is 0 Å². The van der Waals surface area contributed by atoms with Gasteiger partial charge in [0, 0.05) is 24.7 Å². The fourth-order valence-electron chi connectivity index (χ4n) is 6.11. The zero-order valence-electron chi connectivity index (χ0n) is 20.6. The largest absolute Gasteiger partial charge is 0.349 e. The van der Waals surface area contributed by atoms with Crippen LogP contribution in [0, 0.1) is 31.6 Å². The van der Waals surface area contributed by atoms with Crippen LogP contribution >= 0.6 is 22.7 Å². The number of imidazole rings is 1. The first kappa shape index (κ1) is 23.4. The van der Waals surface area contributed by atoms with Crippen LogP contribution in [0.5, 0.6) is 0 Å².